The van der Waals surface area contributed by atoms with E-state index in [1.54, 1.807) is 0 Å². The van der Waals surface area contributed by atoms with Crippen LogP contribution in [0.4, 0.5) is 0 Å². The molecule has 0 aliphatic carbocycles. The minimum atomic E-state index is 0.208. The Kier molecular flexibility index (Phi) is 6.74. The fraction of sp³-hybridized carbons (Fsp3) is 0.500. The lowest BCUT2D eigenvalue weighted by Crippen LogP contribution is -2.22. The van der Waals surface area contributed by atoms with Gasteiger partial charge in [0.2, 0.25) is 0 Å². The Bertz CT molecular complexity index is 331. The zero-order chi connectivity index (χ0) is 12.0. The van der Waals surface area contributed by atoms with Gasteiger partial charge >= 0.3 is 0 Å². The van der Waals surface area contributed by atoms with Gasteiger partial charge < -0.3 is 5.32 Å². The Labute approximate surface area is 116 Å². The maximum absolute atomic E-state index is 6.11. The lowest BCUT2D eigenvalue weighted by Gasteiger charge is -2.10. The molecule has 0 heterocycles. The molecular weight excluding hydrogens is 309 g/mol. The number of rotatable bonds is 6. The molecule has 0 radical (unpaired) electrons. The van der Waals surface area contributed by atoms with Crippen LogP contribution in [0.3, 0.4) is 0 Å². The summed E-state index contributed by atoms with van der Waals surface area (Å²) in [4.78, 5) is 0. The third kappa shape index (κ3) is 5.05. The average Bonchev–Trinajstić information content (AvgIpc) is 2.22. The van der Waals surface area contributed by atoms with Crippen molar-refractivity contribution in [3.8, 4) is 0 Å². The smallest absolute Gasteiger partial charge is 0.0462 e. The topological polar surface area (TPSA) is 12.0 Å². The predicted octanol–water partition coefficient (Wildman–Crippen LogP) is 4.60. The first-order chi connectivity index (χ1) is 7.63. The van der Waals surface area contributed by atoms with E-state index in [0.717, 1.165) is 41.0 Å². The van der Waals surface area contributed by atoms with Crippen LogP contribution in [0.5, 0.6) is 0 Å². The van der Waals surface area contributed by atoms with Gasteiger partial charge in [-0.05, 0) is 24.1 Å². The first kappa shape index (κ1) is 14.3. The Morgan fingerprint density at radius 1 is 1.44 bits per heavy atom. The second kappa shape index (κ2) is 7.54. The van der Waals surface area contributed by atoms with Gasteiger partial charge in [0.25, 0.3) is 0 Å². The molecule has 1 aromatic carbocycles. The Balaban J connectivity index is 2.37. The molecule has 1 aromatic rings. The molecule has 0 fully saturated rings. The Morgan fingerprint density at radius 3 is 2.81 bits per heavy atom. The largest absolute Gasteiger partial charge is 0.311 e. The summed E-state index contributed by atoms with van der Waals surface area (Å²) in [6, 6.07) is 5.92. The zero-order valence-corrected chi connectivity index (χ0v) is 12.4. The minimum absolute atomic E-state index is 0.208. The first-order valence-electron chi connectivity index (χ1n) is 5.42. The van der Waals surface area contributed by atoms with Crippen LogP contribution in [-0.2, 0) is 6.54 Å². The van der Waals surface area contributed by atoms with Gasteiger partial charge in [-0.3, -0.25) is 0 Å². The van der Waals surface area contributed by atoms with Gasteiger partial charge in [-0.15, -0.1) is 11.6 Å². The Morgan fingerprint density at radius 2 is 2.19 bits per heavy atom. The fourth-order valence-electron chi connectivity index (χ4n) is 1.44. The van der Waals surface area contributed by atoms with Gasteiger partial charge in [0.15, 0.2) is 0 Å². The molecule has 0 saturated carbocycles. The van der Waals surface area contributed by atoms with E-state index < -0.39 is 0 Å². The van der Waals surface area contributed by atoms with E-state index in [1.807, 2.05) is 18.2 Å². The van der Waals surface area contributed by atoms with Crippen LogP contribution in [0.2, 0.25) is 5.02 Å². The monoisotopic (exact) mass is 323 g/mol. The van der Waals surface area contributed by atoms with Crippen LogP contribution >= 0.6 is 39.1 Å². The standard InChI is InChI=1S/C12H16BrCl2N/c1-2-3-11(14)8-16-7-9-4-5-10(13)6-12(9)15/h4-6,11,16H,2-3,7-8H2,1H3. The summed E-state index contributed by atoms with van der Waals surface area (Å²) in [5.74, 6) is 0. The van der Waals surface area contributed by atoms with Crippen molar-refractivity contribution in [2.24, 2.45) is 0 Å². The van der Waals surface area contributed by atoms with Gasteiger partial charge in [-0.25, -0.2) is 0 Å². The van der Waals surface area contributed by atoms with E-state index in [9.17, 15) is 0 Å². The maximum atomic E-state index is 6.11. The van der Waals surface area contributed by atoms with Crippen molar-refractivity contribution in [2.45, 2.75) is 31.7 Å². The van der Waals surface area contributed by atoms with E-state index in [-0.39, 0.29) is 5.38 Å². The predicted molar refractivity (Wildman–Crippen MR) is 75.4 cm³/mol. The van der Waals surface area contributed by atoms with Crippen LogP contribution in [-0.4, -0.2) is 11.9 Å². The van der Waals surface area contributed by atoms with Crippen LogP contribution < -0.4 is 5.32 Å². The van der Waals surface area contributed by atoms with Crippen molar-refractivity contribution in [1.82, 2.24) is 5.32 Å². The van der Waals surface area contributed by atoms with Crippen LogP contribution in [0.25, 0.3) is 0 Å². The maximum Gasteiger partial charge on any atom is 0.0462 e. The van der Waals surface area contributed by atoms with Gasteiger partial charge in [0, 0.05) is 28.0 Å². The molecule has 1 atom stereocenters. The molecule has 0 bridgehead atoms. The highest BCUT2D eigenvalue weighted by Crippen LogP contribution is 2.21. The number of benzene rings is 1. The van der Waals surface area contributed by atoms with Crippen molar-refractivity contribution in [3.63, 3.8) is 0 Å². The molecular formula is C12H16BrCl2N. The minimum Gasteiger partial charge on any atom is -0.311 e. The van der Waals surface area contributed by atoms with Crippen molar-refractivity contribution in [1.29, 1.82) is 0 Å². The van der Waals surface area contributed by atoms with Crippen LogP contribution in [0.15, 0.2) is 22.7 Å². The molecule has 1 N–H and O–H groups in total. The normalized spacial score (nSPS) is 12.8. The summed E-state index contributed by atoms with van der Waals surface area (Å²) in [6.45, 7) is 3.72. The average molecular weight is 325 g/mol. The lowest BCUT2D eigenvalue weighted by molar-refractivity contribution is 0.623. The molecule has 1 rings (SSSR count). The summed E-state index contributed by atoms with van der Waals surface area (Å²) in [5.41, 5.74) is 1.10. The van der Waals surface area contributed by atoms with Gasteiger partial charge in [0.05, 0.1) is 0 Å². The first-order valence-corrected chi connectivity index (χ1v) is 7.03. The summed E-state index contributed by atoms with van der Waals surface area (Å²) in [5, 5.41) is 4.30. The highest BCUT2D eigenvalue weighted by molar-refractivity contribution is 9.10. The third-order valence-corrected chi connectivity index (χ3v) is 3.52. The molecule has 0 saturated heterocycles. The molecule has 90 valence electrons. The zero-order valence-electron chi connectivity index (χ0n) is 9.27. The molecule has 0 aliphatic rings. The van der Waals surface area contributed by atoms with Crippen LogP contribution in [0.1, 0.15) is 25.3 Å². The van der Waals surface area contributed by atoms with E-state index in [4.69, 9.17) is 23.2 Å². The van der Waals surface area contributed by atoms with Crippen molar-refractivity contribution in [2.75, 3.05) is 6.54 Å². The van der Waals surface area contributed by atoms with Gasteiger partial charge in [-0.1, -0.05) is 46.9 Å². The SMILES string of the molecule is CCCC(Cl)CNCc1ccc(Br)cc1Cl. The number of halogens is 3. The molecule has 4 heteroatoms. The third-order valence-electron chi connectivity index (χ3n) is 2.30. The second-order valence-electron chi connectivity index (χ2n) is 3.75. The summed E-state index contributed by atoms with van der Waals surface area (Å²) < 4.78 is 1.00. The summed E-state index contributed by atoms with van der Waals surface area (Å²) in [6.07, 6.45) is 2.16. The van der Waals surface area contributed by atoms with E-state index in [1.165, 1.54) is 0 Å². The molecule has 1 nitrogen and oxygen atoms in total. The van der Waals surface area contributed by atoms with Crippen molar-refractivity contribution in [3.05, 3.63) is 33.3 Å². The number of hydrogen-bond donors (Lipinski definition) is 1. The highest BCUT2D eigenvalue weighted by atomic mass is 79.9. The number of nitrogens with one attached hydrogen (secondary N) is 1. The van der Waals surface area contributed by atoms with Crippen molar-refractivity contribution >= 4 is 39.1 Å². The molecule has 16 heavy (non-hydrogen) atoms. The quantitative estimate of drug-likeness (QED) is 0.754. The van der Waals surface area contributed by atoms with Crippen LogP contribution in [0, 0.1) is 0 Å². The Hall–Kier alpha value is 0.240. The van der Waals surface area contributed by atoms with Gasteiger partial charge in [-0.2, -0.15) is 0 Å². The molecule has 0 spiro atoms. The fourth-order valence-corrected chi connectivity index (χ4v) is 2.51. The van der Waals surface area contributed by atoms with E-state index in [2.05, 4.69) is 28.2 Å². The van der Waals surface area contributed by atoms with Gasteiger partial charge in [0.1, 0.15) is 0 Å². The van der Waals surface area contributed by atoms with E-state index >= 15 is 0 Å². The second-order valence-corrected chi connectivity index (χ2v) is 5.69. The summed E-state index contributed by atoms with van der Waals surface area (Å²) >= 11 is 15.6. The number of hydrogen-bond acceptors (Lipinski definition) is 1. The van der Waals surface area contributed by atoms with E-state index in [0.29, 0.717) is 0 Å². The molecule has 0 amide bonds. The molecule has 0 aliphatic heterocycles. The lowest BCUT2D eigenvalue weighted by atomic mass is 10.2. The summed E-state index contributed by atoms with van der Waals surface area (Å²) in [7, 11) is 0. The highest BCUT2D eigenvalue weighted by Gasteiger charge is 2.04. The van der Waals surface area contributed by atoms with Crippen molar-refractivity contribution < 1.29 is 0 Å². The molecule has 0 aromatic heterocycles. The number of alkyl halides is 1. The molecule has 1 unspecified atom stereocenters.